The molecule has 0 radical (unpaired) electrons. The first-order valence-electron chi connectivity index (χ1n) is 6.47. The van der Waals surface area contributed by atoms with Crippen molar-refractivity contribution in [2.24, 2.45) is 11.7 Å². The third-order valence-corrected chi connectivity index (χ3v) is 3.10. The summed E-state index contributed by atoms with van der Waals surface area (Å²) < 4.78 is 5.34. The first-order chi connectivity index (χ1) is 8.69. The highest BCUT2D eigenvalue weighted by Crippen LogP contribution is 2.32. The van der Waals surface area contributed by atoms with E-state index >= 15 is 0 Å². The van der Waals surface area contributed by atoms with Crippen molar-refractivity contribution >= 4 is 11.6 Å². The molecule has 1 aromatic carbocycles. The fraction of sp³-hybridized carbons (Fsp3) is 0.500. The molecule has 1 amide bonds. The van der Waals surface area contributed by atoms with Gasteiger partial charge in [-0.2, -0.15) is 0 Å². The topological polar surface area (TPSA) is 64.3 Å². The van der Waals surface area contributed by atoms with E-state index in [9.17, 15) is 4.79 Å². The Morgan fingerprint density at radius 2 is 2.11 bits per heavy atom. The van der Waals surface area contributed by atoms with Gasteiger partial charge in [-0.05, 0) is 49.9 Å². The van der Waals surface area contributed by atoms with Crippen LogP contribution in [-0.2, 0) is 4.79 Å². The molecule has 18 heavy (non-hydrogen) atoms. The molecular formula is C14H20N2O2. The molecule has 1 aliphatic rings. The SMILES string of the molecule is CCOc1ccc(NC(=O)CC(N)C2CC2)cc1. The van der Waals surface area contributed by atoms with Gasteiger partial charge in [-0.15, -0.1) is 0 Å². The number of benzene rings is 1. The zero-order chi connectivity index (χ0) is 13.0. The average Bonchev–Trinajstić information content (AvgIpc) is 3.16. The van der Waals surface area contributed by atoms with E-state index in [-0.39, 0.29) is 11.9 Å². The first-order valence-corrected chi connectivity index (χ1v) is 6.47. The molecule has 4 heteroatoms. The van der Waals surface area contributed by atoms with Crippen LogP contribution < -0.4 is 15.8 Å². The molecule has 1 unspecified atom stereocenters. The molecule has 0 aliphatic heterocycles. The van der Waals surface area contributed by atoms with E-state index in [1.807, 2.05) is 31.2 Å². The summed E-state index contributed by atoms with van der Waals surface area (Å²) in [5.74, 6) is 1.35. The number of carbonyl (C=O) groups excluding carboxylic acids is 1. The maximum Gasteiger partial charge on any atom is 0.225 e. The fourth-order valence-electron chi connectivity index (χ4n) is 1.92. The van der Waals surface area contributed by atoms with Crippen molar-refractivity contribution in [1.82, 2.24) is 0 Å². The Labute approximate surface area is 108 Å². The van der Waals surface area contributed by atoms with Crippen molar-refractivity contribution in [1.29, 1.82) is 0 Å². The summed E-state index contributed by atoms with van der Waals surface area (Å²) in [6, 6.07) is 7.38. The van der Waals surface area contributed by atoms with Gasteiger partial charge in [-0.1, -0.05) is 0 Å². The van der Waals surface area contributed by atoms with Gasteiger partial charge >= 0.3 is 0 Å². The summed E-state index contributed by atoms with van der Waals surface area (Å²) in [5.41, 5.74) is 6.70. The molecule has 98 valence electrons. The Kier molecular flexibility index (Phi) is 4.20. The Bertz CT molecular complexity index is 399. The predicted octanol–water partition coefficient (Wildman–Crippen LogP) is 2.15. The maximum atomic E-state index is 11.7. The molecule has 0 aromatic heterocycles. The Hall–Kier alpha value is -1.55. The quantitative estimate of drug-likeness (QED) is 0.810. The molecule has 0 saturated heterocycles. The van der Waals surface area contributed by atoms with Gasteiger partial charge in [0.05, 0.1) is 6.61 Å². The van der Waals surface area contributed by atoms with Crippen LogP contribution in [0.15, 0.2) is 24.3 Å². The minimum Gasteiger partial charge on any atom is -0.494 e. The van der Waals surface area contributed by atoms with Gasteiger partial charge in [0.15, 0.2) is 0 Å². The summed E-state index contributed by atoms with van der Waals surface area (Å²) in [4.78, 5) is 11.7. The molecule has 0 bridgehead atoms. The minimum absolute atomic E-state index is 0.00713. The van der Waals surface area contributed by atoms with Crippen LogP contribution in [0.2, 0.25) is 0 Å². The number of amides is 1. The van der Waals surface area contributed by atoms with Crippen molar-refractivity contribution < 1.29 is 9.53 Å². The van der Waals surface area contributed by atoms with E-state index in [0.29, 0.717) is 18.9 Å². The van der Waals surface area contributed by atoms with E-state index in [2.05, 4.69) is 5.32 Å². The number of nitrogens with two attached hydrogens (primary N) is 1. The number of rotatable bonds is 6. The van der Waals surface area contributed by atoms with Crippen molar-refractivity contribution in [2.75, 3.05) is 11.9 Å². The highest BCUT2D eigenvalue weighted by atomic mass is 16.5. The van der Waals surface area contributed by atoms with Gasteiger partial charge in [0, 0.05) is 18.2 Å². The Morgan fingerprint density at radius 1 is 1.44 bits per heavy atom. The van der Waals surface area contributed by atoms with Crippen molar-refractivity contribution in [2.45, 2.75) is 32.2 Å². The second kappa shape index (κ2) is 5.87. The molecule has 1 aliphatic carbocycles. The summed E-state index contributed by atoms with van der Waals surface area (Å²) in [6.07, 6.45) is 2.73. The van der Waals surface area contributed by atoms with Crippen LogP contribution in [0.1, 0.15) is 26.2 Å². The van der Waals surface area contributed by atoms with E-state index in [4.69, 9.17) is 10.5 Å². The zero-order valence-corrected chi connectivity index (χ0v) is 10.7. The molecule has 1 fully saturated rings. The molecule has 0 spiro atoms. The smallest absolute Gasteiger partial charge is 0.225 e. The molecule has 4 nitrogen and oxygen atoms in total. The van der Waals surface area contributed by atoms with Crippen molar-refractivity contribution in [3.05, 3.63) is 24.3 Å². The fourth-order valence-corrected chi connectivity index (χ4v) is 1.92. The Balaban J connectivity index is 1.82. The summed E-state index contributed by atoms with van der Waals surface area (Å²) >= 11 is 0. The van der Waals surface area contributed by atoms with Gasteiger partial charge < -0.3 is 15.8 Å². The van der Waals surface area contributed by atoms with E-state index in [0.717, 1.165) is 24.3 Å². The van der Waals surface area contributed by atoms with Crippen LogP contribution in [0.3, 0.4) is 0 Å². The van der Waals surface area contributed by atoms with Crippen LogP contribution >= 0.6 is 0 Å². The van der Waals surface area contributed by atoms with Crippen LogP contribution in [-0.4, -0.2) is 18.6 Å². The molecule has 2 rings (SSSR count). The molecule has 1 atom stereocenters. The lowest BCUT2D eigenvalue weighted by molar-refractivity contribution is -0.116. The van der Waals surface area contributed by atoms with E-state index in [1.54, 1.807) is 0 Å². The number of hydrogen-bond acceptors (Lipinski definition) is 3. The number of carbonyl (C=O) groups is 1. The van der Waals surface area contributed by atoms with Crippen molar-refractivity contribution in [3.8, 4) is 5.75 Å². The average molecular weight is 248 g/mol. The Morgan fingerprint density at radius 3 is 2.67 bits per heavy atom. The van der Waals surface area contributed by atoms with Gasteiger partial charge in [0.25, 0.3) is 0 Å². The van der Waals surface area contributed by atoms with E-state index < -0.39 is 0 Å². The van der Waals surface area contributed by atoms with E-state index in [1.165, 1.54) is 0 Å². The van der Waals surface area contributed by atoms with Crippen LogP contribution in [0.5, 0.6) is 5.75 Å². The second-order valence-electron chi connectivity index (χ2n) is 4.71. The maximum absolute atomic E-state index is 11.7. The number of nitrogens with one attached hydrogen (secondary N) is 1. The zero-order valence-electron chi connectivity index (χ0n) is 10.7. The van der Waals surface area contributed by atoms with Gasteiger partial charge in [0.2, 0.25) is 5.91 Å². The normalized spacial score (nSPS) is 16.1. The third-order valence-electron chi connectivity index (χ3n) is 3.10. The molecule has 1 aromatic rings. The standard InChI is InChI=1S/C14H20N2O2/c1-2-18-12-7-5-11(6-8-12)16-14(17)9-13(15)10-3-4-10/h5-8,10,13H,2-4,9,15H2,1H3,(H,16,17). The van der Waals surface area contributed by atoms with Crippen molar-refractivity contribution in [3.63, 3.8) is 0 Å². The molecule has 3 N–H and O–H groups in total. The monoisotopic (exact) mass is 248 g/mol. The number of ether oxygens (including phenoxy) is 1. The van der Waals surface area contributed by atoms with Crippen LogP contribution in [0.25, 0.3) is 0 Å². The predicted molar refractivity (Wildman–Crippen MR) is 71.6 cm³/mol. The molecular weight excluding hydrogens is 228 g/mol. The lowest BCUT2D eigenvalue weighted by atomic mass is 10.1. The second-order valence-corrected chi connectivity index (χ2v) is 4.71. The summed E-state index contributed by atoms with van der Waals surface area (Å²) in [6.45, 7) is 2.58. The highest BCUT2D eigenvalue weighted by molar-refractivity contribution is 5.91. The minimum atomic E-state index is -0.0152. The summed E-state index contributed by atoms with van der Waals surface area (Å²) in [5, 5.41) is 2.85. The van der Waals surface area contributed by atoms with Crippen LogP contribution in [0.4, 0.5) is 5.69 Å². The first kappa shape index (κ1) is 12.9. The summed E-state index contributed by atoms with van der Waals surface area (Å²) in [7, 11) is 0. The lowest BCUT2D eigenvalue weighted by Gasteiger charge is -2.11. The van der Waals surface area contributed by atoms with Gasteiger partial charge in [-0.25, -0.2) is 0 Å². The molecule has 1 saturated carbocycles. The van der Waals surface area contributed by atoms with Crippen LogP contribution in [0, 0.1) is 5.92 Å². The third kappa shape index (κ3) is 3.74. The lowest BCUT2D eigenvalue weighted by Crippen LogP contribution is -2.28. The largest absolute Gasteiger partial charge is 0.494 e. The molecule has 0 heterocycles. The van der Waals surface area contributed by atoms with Gasteiger partial charge in [0.1, 0.15) is 5.75 Å². The highest BCUT2D eigenvalue weighted by Gasteiger charge is 2.29. The number of hydrogen-bond donors (Lipinski definition) is 2. The number of anilines is 1. The van der Waals surface area contributed by atoms with Gasteiger partial charge in [-0.3, -0.25) is 4.79 Å².